The monoisotopic (exact) mass is 510 g/mol. The first-order valence-corrected chi connectivity index (χ1v) is 12.9. The Bertz CT molecular complexity index is 1440. The number of rotatable bonds is 7. The molecule has 0 bridgehead atoms. The van der Waals surface area contributed by atoms with Crippen LogP contribution in [0.3, 0.4) is 0 Å². The second-order valence-corrected chi connectivity index (χ2v) is 10.4. The Balaban J connectivity index is 1.32. The van der Waals surface area contributed by atoms with Gasteiger partial charge in [-0.05, 0) is 57.4 Å². The van der Waals surface area contributed by atoms with Gasteiger partial charge >= 0.3 is 11.7 Å². The van der Waals surface area contributed by atoms with Crippen LogP contribution in [0.2, 0.25) is 0 Å². The molecular weight excluding hydrogens is 476 g/mol. The van der Waals surface area contributed by atoms with E-state index in [1.807, 2.05) is 6.92 Å². The summed E-state index contributed by atoms with van der Waals surface area (Å²) in [6.07, 6.45) is 8.70. The van der Waals surface area contributed by atoms with E-state index in [-0.39, 0.29) is 41.8 Å². The highest BCUT2D eigenvalue weighted by Gasteiger charge is 2.25. The molecule has 2 amide bonds. The fourth-order valence-electron chi connectivity index (χ4n) is 4.31. The summed E-state index contributed by atoms with van der Waals surface area (Å²) in [6, 6.07) is 0.532. The van der Waals surface area contributed by atoms with Gasteiger partial charge in [-0.2, -0.15) is 19.6 Å². The van der Waals surface area contributed by atoms with Gasteiger partial charge in [0.1, 0.15) is 5.69 Å². The molecule has 2 aliphatic carbocycles. The number of H-pyrrole nitrogens is 2. The molecule has 2 aliphatic rings. The number of carbonyl (C=O) groups is 1. The van der Waals surface area contributed by atoms with Gasteiger partial charge in [0.05, 0.1) is 12.2 Å². The Morgan fingerprint density at radius 2 is 1.86 bits per heavy atom. The van der Waals surface area contributed by atoms with Crippen LogP contribution in [0.1, 0.15) is 65.0 Å². The lowest BCUT2D eigenvalue weighted by Gasteiger charge is -2.30. The standard InChI is InChI=1S/C24H34N10O3/c1-12(2)13(3)26-23(36)29-17-8-4-15(5-9-17)27-21-31-19-14(10-18-20(35)32-24(37)30-18)11-25-34(19)22(33-21)28-16-6-7-16/h10-13,15-17,35H,4-9H2,1-3H3,(H2,26,29,36)(H,27,28,33)(H2,30,32,37)/b14-10-. The molecule has 0 aliphatic heterocycles. The molecule has 5 rings (SSSR count). The fourth-order valence-corrected chi connectivity index (χ4v) is 4.31. The first-order chi connectivity index (χ1) is 17.7. The Morgan fingerprint density at radius 3 is 2.51 bits per heavy atom. The van der Waals surface area contributed by atoms with Gasteiger partial charge in [0.15, 0.2) is 5.65 Å². The predicted molar refractivity (Wildman–Crippen MR) is 137 cm³/mol. The molecule has 0 aromatic carbocycles. The van der Waals surface area contributed by atoms with E-state index >= 15 is 0 Å². The summed E-state index contributed by atoms with van der Waals surface area (Å²) in [7, 11) is 0. The smallest absolute Gasteiger partial charge is 0.326 e. The first-order valence-electron chi connectivity index (χ1n) is 12.9. The van der Waals surface area contributed by atoms with Crippen molar-refractivity contribution in [3.05, 3.63) is 33.2 Å². The lowest BCUT2D eigenvalue weighted by atomic mass is 9.91. The number of fused-ring (bicyclic) bond motifs is 1. The Hall–Kier alpha value is -3.90. The zero-order valence-corrected chi connectivity index (χ0v) is 21.3. The van der Waals surface area contributed by atoms with Gasteiger partial charge in [-0.25, -0.2) is 14.6 Å². The van der Waals surface area contributed by atoms with E-state index in [0.717, 1.165) is 38.5 Å². The molecule has 0 saturated heterocycles. The summed E-state index contributed by atoms with van der Waals surface area (Å²) in [5.41, 5.74) is 0.724. The van der Waals surface area contributed by atoms with E-state index in [2.05, 4.69) is 49.8 Å². The molecule has 2 fully saturated rings. The zero-order chi connectivity index (χ0) is 26.1. The molecular formula is C24H34N10O3. The summed E-state index contributed by atoms with van der Waals surface area (Å²) in [5.74, 6) is 0.579. The molecule has 3 aromatic heterocycles. The predicted octanol–water partition coefficient (Wildman–Crippen LogP) is 0.524. The Labute approximate surface area is 212 Å². The van der Waals surface area contributed by atoms with Crippen molar-refractivity contribution in [3.63, 3.8) is 0 Å². The number of hydrogen-bond donors (Lipinski definition) is 6. The number of urea groups is 1. The third-order valence-corrected chi connectivity index (χ3v) is 7.01. The zero-order valence-electron chi connectivity index (χ0n) is 21.3. The number of amides is 2. The van der Waals surface area contributed by atoms with Crippen molar-refractivity contribution < 1.29 is 9.90 Å². The van der Waals surface area contributed by atoms with Gasteiger partial charge in [0.25, 0.3) is 5.62 Å². The third kappa shape index (κ3) is 5.92. The van der Waals surface area contributed by atoms with Crippen molar-refractivity contribution in [1.82, 2.24) is 40.2 Å². The molecule has 13 heteroatoms. The first kappa shape index (κ1) is 24.8. The van der Waals surface area contributed by atoms with Crippen LogP contribution in [0.25, 0.3) is 11.7 Å². The quantitative estimate of drug-likeness (QED) is 0.268. The van der Waals surface area contributed by atoms with E-state index in [1.54, 1.807) is 16.8 Å². The summed E-state index contributed by atoms with van der Waals surface area (Å²) in [6.45, 7) is 6.18. The van der Waals surface area contributed by atoms with Crippen LogP contribution in [0.4, 0.5) is 10.7 Å². The second-order valence-electron chi connectivity index (χ2n) is 10.4. The van der Waals surface area contributed by atoms with Crippen molar-refractivity contribution in [2.24, 2.45) is 10.9 Å². The van der Waals surface area contributed by atoms with E-state index in [1.165, 1.54) is 0 Å². The minimum Gasteiger partial charge on any atom is -0.493 e. The molecule has 1 unspecified atom stereocenters. The SMILES string of the molecule is CC(C)C(C)NC(=O)NC1CCC(Nc2nc(=NC3CC3)n3nc/c(=C/c4[nH]c(=O)[nH]c4O)c3n2)CC1. The van der Waals surface area contributed by atoms with E-state index in [9.17, 15) is 14.7 Å². The summed E-state index contributed by atoms with van der Waals surface area (Å²) in [5, 5.41) is 24.5. The average Bonchev–Trinajstić information content (AvgIpc) is 3.48. The molecule has 13 nitrogen and oxygen atoms in total. The summed E-state index contributed by atoms with van der Waals surface area (Å²) in [4.78, 5) is 42.7. The Morgan fingerprint density at radius 1 is 1.14 bits per heavy atom. The molecule has 198 valence electrons. The van der Waals surface area contributed by atoms with Crippen LogP contribution < -0.4 is 32.5 Å². The lowest BCUT2D eigenvalue weighted by Crippen LogP contribution is -2.48. The number of aromatic hydroxyl groups is 1. The highest BCUT2D eigenvalue weighted by atomic mass is 16.3. The molecule has 0 spiro atoms. The highest BCUT2D eigenvalue weighted by Crippen LogP contribution is 2.23. The number of hydrogen-bond acceptors (Lipinski definition) is 8. The highest BCUT2D eigenvalue weighted by molar-refractivity contribution is 5.74. The van der Waals surface area contributed by atoms with Gasteiger partial charge in [-0.1, -0.05) is 13.8 Å². The van der Waals surface area contributed by atoms with Crippen molar-refractivity contribution in [2.75, 3.05) is 5.32 Å². The van der Waals surface area contributed by atoms with Crippen LogP contribution in [-0.2, 0) is 0 Å². The van der Waals surface area contributed by atoms with Crippen LogP contribution in [-0.4, -0.2) is 64.9 Å². The fraction of sp³-hybridized carbons (Fsp3) is 0.583. The number of nitrogens with one attached hydrogen (secondary N) is 5. The van der Waals surface area contributed by atoms with Crippen LogP contribution in [0.15, 0.2) is 16.0 Å². The van der Waals surface area contributed by atoms with Crippen LogP contribution in [0, 0.1) is 5.92 Å². The maximum Gasteiger partial charge on any atom is 0.326 e. The van der Waals surface area contributed by atoms with Crippen LogP contribution >= 0.6 is 0 Å². The number of carbonyl (C=O) groups excluding carboxylic acids is 1. The van der Waals surface area contributed by atoms with Gasteiger partial charge in [-0.3, -0.25) is 4.98 Å². The minimum atomic E-state index is -0.501. The van der Waals surface area contributed by atoms with Crippen molar-refractivity contribution >= 4 is 23.7 Å². The second kappa shape index (κ2) is 10.2. The molecule has 37 heavy (non-hydrogen) atoms. The van der Waals surface area contributed by atoms with E-state index < -0.39 is 5.69 Å². The van der Waals surface area contributed by atoms with Crippen molar-refractivity contribution in [2.45, 2.75) is 83.5 Å². The number of anilines is 1. The van der Waals surface area contributed by atoms with E-state index in [0.29, 0.717) is 28.4 Å². The largest absolute Gasteiger partial charge is 0.493 e. The topological polar surface area (TPSA) is 177 Å². The summed E-state index contributed by atoms with van der Waals surface area (Å²) < 4.78 is 1.58. The maximum atomic E-state index is 12.3. The van der Waals surface area contributed by atoms with Gasteiger partial charge in [0.2, 0.25) is 11.8 Å². The summed E-state index contributed by atoms with van der Waals surface area (Å²) >= 11 is 0. The number of nitrogens with zero attached hydrogens (tertiary/aromatic N) is 5. The molecule has 6 N–H and O–H groups in total. The van der Waals surface area contributed by atoms with Crippen molar-refractivity contribution in [3.8, 4) is 5.88 Å². The molecule has 2 saturated carbocycles. The third-order valence-electron chi connectivity index (χ3n) is 7.01. The van der Waals surface area contributed by atoms with Crippen molar-refractivity contribution in [1.29, 1.82) is 0 Å². The Kier molecular flexibility index (Phi) is 6.85. The molecule has 3 aromatic rings. The number of aromatic nitrogens is 6. The molecule has 1 atom stereocenters. The number of imidazole rings is 1. The number of aromatic amines is 2. The molecule has 3 heterocycles. The van der Waals surface area contributed by atoms with Gasteiger partial charge in [0, 0.05) is 23.3 Å². The van der Waals surface area contributed by atoms with Gasteiger partial charge in [-0.15, -0.1) is 0 Å². The minimum absolute atomic E-state index is 0.114. The maximum absolute atomic E-state index is 12.3. The molecule has 0 radical (unpaired) electrons. The normalized spacial score (nSPS) is 21.9. The van der Waals surface area contributed by atoms with Gasteiger partial charge < -0.3 is 26.0 Å². The van der Waals surface area contributed by atoms with E-state index in [4.69, 9.17) is 9.98 Å². The average molecular weight is 511 g/mol. The lowest BCUT2D eigenvalue weighted by molar-refractivity contribution is 0.225. The van der Waals surface area contributed by atoms with Crippen LogP contribution in [0.5, 0.6) is 5.88 Å².